The van der Waals surface area contributed by atoms with Gasteiger partial charge in [0.15, 0.2) is 0 Å². The fraction of sp³-hybridized carbons (Fsp3) is 0.421. The summed E-state index contributed by atoms with van der Waals surface area (Å²) in [6.07, 6.45) is 1.61. The quantitative estimate of drug-likeness (QED) is 0.739. The molecule has 1 heterocycles. The van der Waals surface area contributed by atoms with Crippen LogP contribution in [-0.2, 0) is 4.74 Å². The summed E-state index contributed by atoms with van der Waals surface area (Å²) in [5.74, 6) is 1.59. The number of nitrogens with zero attached hydrogens (tertiary/aromatic N) is 3. The minimum Gasteiger partial charge on any atom is -0.497 e. The van der Waals surface area contributed by atoms with Crippen LogP contribution < -0.4 is 20.3 Å². The first kappa shape index (κ1) is 20.4. The Morgan fingerprint density at radius 3 is 2.44 bits per heavy atom. The Morgan fingerprint density at radius 1 is 1.15 bits per heavy atom. The zero-order valence-electron chi connectivity index (χ0n) is 16.4. The average Bonchev–Trinajstić information content (AvgIpc) is 2.62. The van der Waals surface area contributed by atoms with Gasteiger partial charge in [0.2, 0.25) is 5.95 Å². The molecule has 0 fully saturated rings. The molecule has 146 valence electrons. The van der Waals surface area contributed by atoms with Crippen LogP contribution in [0.1, 0.15) is 20.8 Å². The average molecular weight is 373 g/mol. The van der Waals surface area contributed by atoms with Crippen LogP contribution in [0.15, 0.2) is 36.5 Å². The van der Waals surface area contributed by atoms with Crippen molar-refractivity contribution in [3.63, 3.8) is 0 Å². The Morgan fingerprint density at radius 2 is 1.85 bits per heavy atom. The number of amides is 2. The zero-order valence-corrected chi connectivity index (χ0v) is 16.4. The second-order valence-electron chi connectivity index (χ2n) is 6.38. The van der Waals surface area contributed by atoms with Crippen molar-refractivity contribution in [2.24, 2.45) is 0 Å². The van der Waals surface area contributed by atoms with Gasteiger partial charge in [-0.1, -0.05) is 0 Å². The summed E-state index contributed by atoms with van der Waals surface area (Å²) in [6.45, 7) is 6.29. The Hall–Kier alpha value is -2.87. The summed E-state index contributed by atoms with van der Waals surface area (Å²) in [5, 5.41) is 6.07. The van der Waals surface area contributed by atoms with Crippen molar-refractivity contribution in [3.8, 4) is 5.75 Å². The fourth-order valence-corrected chi connectivity index (χ4v) is 2.45. The summed E-state index contributed by atoms with van der Waals surface area (Å²) in [6, 6.07) is 8.64. The molecule has 8 heteroatoms. The molecule has 0 saturated carbocycles. The van der Waals surface area contributed by atoms with Crippen molar-refractivity contribution in [1.29, 1.82) is 0 Å². The van der Waals surface area contributed by atoms with Gasteiger partial charge in [-0.25, -0.2) is 14.7 Å². The molecule has 0 aliphatic carbocycles. The van der Waals surface area contributed by atoms with Crippen molar-refractivity contribution in [2.75, 3.05) is 31.0 Å². The summed E-state index contributed by atoms with van der Waals surface area (Å²) < 4.78 is 10.3. The minimum atomic E-state index is -0.273. The predicted octanol–water partition coefficient (Wildman–Crippen LogP) is 3.19. The van der Waals surface area contributed by atoms with Crippen molar-refractivity contribution in [2.45, 2.75) is 32.9 Å². The first-order chi connectivity index (χ1) is 12.9. The van der Waals surface area contributed by atoms with Gasteiger partial charge in [0.25, 0.3) is 0 Å². The number of benzene rings is 1. The summed E-state index contributed by atoms with van der Waals surface area (Å²) in [4.78, 5) is 23.1. The largest absolute Gasteiger partial charge is 0.497 e. The van der Waals surface area contributed by atoms with Crippen molar-refractivity contribution >= 4 is 23.5 Å². The molecule has 2 amide bonds. The fourth-order valence-electron chi connectivity index (χ4n) is 2.45. The van der Waals surface area contributed by atoms with Crippen LogP contribution in [0.3, 0.4) is 0 Å². The highest BCUT2D eigenvalue weighted by atomic mass is 16.5. The van der Waals surface area contributed by atoms with Gasteiger partial charge in [0.05, 0.1) is 19.4 Å². The maximum absolute atomic E-state index is 12.8. The second kappa shape index (κ2) is 9.72. The Labute approximate surface area is 159 Å². The van der Waals surface area contributed by atoms with Gasteiger partial charge >= 0.3 is 6.03 Å². The van der Waals surface area contributed by atoms with E-state index in [2.05, 4.69) is 20.6 Å². The SMILES string of the molecule is COC[C@H](C)Nc1nccc(N(C(=O)NC(C)C)c2ccc(OC)cc2)n1. The van der Waals surface area contributed by atoms with Crippen LogP contribution in [0.2, 0.25) is 0 Å². The van der Waals surface area contributed by atoms with Crippen molar-refractivity contribution in [3.05, 3.63) is 36.5 Å². The minimum absolute atomic E-state index is 0.0144. The van der Waals surface area contributed by atoms with Gasteiger partial charge in [0.1, 0.15) is 11.6 Å². The van der Waals surface area contributed by atoms with E-state index in [1.165, 1.54) is 4.90 Å². The smallest absolute Gasteiger partial charge is 0.327 e. The first-order valence-electron chi connectivity index (χ1n) is 8.77. The molecule has 2 N–H and O–H groups in total. The summed E-state index contributed by atoms with van der Waals surface area (Å²) >= 11 is 0. The van der Waals surface area contributed by atoms with Crippen molar-refractivity contribution < 1.29 is 14.3 Å². The van der Waals surface area contributed by atoms with E-state index in [1.54, 1.807) is 38.6 Å². The van der Waals surface area contributed by atoms with Gasteiger partial charge in [-0.05, 0) is 45.0 Å². The lowest BCUT2D eigenvalue weighted by atomic mass is 10.2. The van der Waals surface area contributed by atoms with Crippen LogP contribution in [0.25, 0.3) is 0 Å². The Balaban J connectivity index is 2.36. The highest BCUT2D eigenvalue weighted by Crippen LogP contribution is 2.26. The van der Waals surface area contributed by atoms with Gasteiger partial charge in [-0.15, -0.1) is 0 Å². The number of nitrogens with one attached hydrogen (secondary N) is 2. The first-order valence-corrected chi connectivity index (χ1v) is 8.77. The van der Waals surface area contributed by atoms with Gasteiger partial charge in [-0.3, -0.25) is 0 Å². The molecule has 1 aromatic heterocycles. The zero-order chi connectivity index (χ0) is 19.8. The molecular weight excluding hydrogens is 346 g/mol. The van der Waals surface area contributed by atoms with E-state index in [0.717, 1.165) is 0 Å². The molecule has 0 aliphatic rings. The number of hydrogen-bond donors (Lipinski definition) is 2. The predicted molar refractivity (Wildman–Crippen MR) is 106 cm³/mol. The van der Waals surface area contributed by atoms with E-state index < -0.39 is 0 Å². The number of aromatic nitrogens is 2. The van der Waals surface area contributed by atoms with Crippen LogP contribution in [0, 0.1) is 0 Å². The molecular formula is C19H27N5O3. The molecule has 2 aromatic rings. The number of methoxy groups -OCH3 is 2. The lowest BCUT2D eigenvalue weighted by Gasteiger charge is -2.24. The number of anilines is 3. The highest BCUT2D eigenvalue weighted by Gasteiger charge is 2.21. The molecule has 0 unspecified atom stereocenters. The van der Waals surface area contributed by atoms with Gasteiger partial charge < -0.3 is 20.1 Å². The standard InChI is InChI=1S/C19H27N5O3/c1-13(2)21-19(25)24(15-6-8-16(27-5)9-7-15)17-10-11-20-18(23-17)22-14(3)12-26-4/h6-11,13-14H,12H2,1-5H3,(H,21,25)(H,20,22,23)/t14-/m0/s1. The van der Waals surface area contributed by atoms with Crippen LogP contribution in [0.4, 0.5) is 22.2 Å². The van der Waals surface area contributed by atoms with E-state index in [0.29, 0.717) is 29.8 Å². The maximum atomic E-state index is 12.8. The Kier molecular flexibility index (Phi) is 7.36. The monoisotopic (exact) mass is 373 g/mol. The van der Waals surface area contributed by atoms with E-state index >= 15 is 0 Å². The Bertz CT molecular complexity index is 736. The summed E-state index contributed by atoms with van der Waals surface area (Å²) in [7, 11) is 3.24. The van der Waals surface area contributed by atoms with Gasteiger partial charge in [-0.2, -0.15) is 4.98 Å². The van der Waals surface area contributed by atoms with Gasteiger partial charge in [0, 0.05) is 31.5 Å². The number of ether oxygens (including phenoxy) is 2. The van der Waals surface area contributed by atoms with E-state index in [4.69, 9.17) is 9.47 Å². The molecule has 8 nitrogen and oxygen atoms in total. The third-order valence-corrected chi connectivity index (χ3v) is 3.61. The number of rotatable bonds is 8. The molecule has 1 atom stereocenters. The molecule has 0 radical (unpaired) electrons. The maximum Gasteiger partial charge on any atom is 0.327 e. The number of carbonyl (C=O) groups is 1. The highest BCUT2D eigenvalue weighted by molar-refractivity contribution is 5.98. The molecule has 1 aromatic carbocycles. The molecule has 0 spiro atoms. The van der Waals surface area contributed by atoms with E-state index in [1.807, 2.05) is 32.9 Å². The molecule has 2 rings (SSSR count). The summed E-state index contributed by atoms with van der Waals surface area (Å²) in [5.41, 5.74) is 0.670. The number of urea groups is 1. The van der Waals surface area contributed by atoms with E-state index in [-0.39, 0.29) is 18.1 Å². The third-order valence-electron chi connectivity index (χ3n) is 3.61. The molecule has 0 bridgehead atoms. The van der Waals surface area contributed by atoms with E-state index in [9.17, 15) is 4.79 Å². The lowest BCUT2D eigenvalue weighted by molar-refractivity contribution is 0.190. The van der Waals surface area contributed by atoms with Crippen LogP contribution >= 0.6 is 0 Å². The van der Waals surface area contributed by atoms with Crippen LogP contribution in [-0.4, -0.2) is 48.9 Å². The molecule has 0 saturated heterocycles. The van der Waals surface area contributed by atoms with Crippen molar-refractivity contribution in [1.82, 2.24) is 15.3 Å². The number of carbonyl (C=O) groups excluding carboxylic acids is 1. The lowest BCUT2D eigenvalue weighted by Crippen LogP contribution is -2.41. The van der Waals surface area contributed by atoms with Crippen LogP contribution in [0.5, 0.6) is 5.75 Å². The molecule has 0 aliphatic heterocycles. The topological polar surface area (TPSA) is 88.6 Å². The number of hydrogen-bond acceptors (Lipinski definition) is 6. The second-order valence-corrected chi connectivity index (χ2v) is 6.38. The molecule has 27 heavy (non-hydrogen) atoms. The third kappa shape index (κ3) is 5.82. The normalized spacial score (nSPS) is 11.8.